The van der Waals surface area contributed by atoms with E-state index in [9.17, 15) is 13.2 Å². The fourth-order valence-corrected chi connectivity index (χ4v) is 3.99. The van der Waals surface area contributed by atoms with Gasteiger partial charge in [0, 0.05) is 11.3 Å². The molecule has 5 heteroatoms. The monoisotopic (exact) mass is 351 g/mol. The van der Waals surface area contributed by atoms with E-state index in [0.29, 0.717) is 16.8 Å². The highest BCUT2D eigenvalue weighted by Gasteiger charge is 2.19. The van der Waals surface area contributed by atoms with E-state index in [1.165, 1.54) is 24.3 Å². The number of hydrogen-bond acceptors (Lipinski definition) is 3. The maximum absolute atomic E-state index is 12.7. The normalized spacial score (nSPS) is 11.1. The van der Waals surface area contributed by atoms with Crippen molar-refractivity contribution >= 4 is 21.4 Å². The van der Waals surface area contributed by atoms with Crippen LogP contribution in [0.15, 0.2) is 88.7 Å². The molecule has 0 fully saturated rings. The van der Waals surface area contributed by atoms with Crippen molar-refractivity contribution in [2.75, 3.05) is 5.32 Å². The van der Waals surface area contributed by atoms with Crippen LogP contribution in [0.1, 0.15) is 15.9 Å². The Labute approximate surface area is 147 Å². The minimum atomic E-state index is -3.60. The van der Waals surface area contributed by atoms with E-state index in [-0.39, 0.29) is 15.7 Å². The Morgan fingerprint density at radius 1 is 0.800 bits per heavy atom. The van der Waals surface area contributed by atoms with Gasteiger partial charge in [-0.05, 0) is 55.0 Å². The van der Waals surface area contributed by atoms with Gasteiger partial charge >= 0.3 is 0 Å². The molecule has 1 amide bonds. The van der Waals surface area contributed by atoms with Crippen molar-refractivity contribution in [3.63, 3.8) is 0 Å². The second-order valence-corrected chi connectivity index (χ2v) is 7.53. The molecule has 0 atom stereocenters. The van der Waals surface area contributed by atoms with E-state index in [2.05, 4.69) is 5.32 Å². The fraction of sp³-hybridized carbons (Fsp3) is 0.0500. The molecule has 3 aromatic carbocycles. The molecule has 3 rings (SSSR count). The number of anilines is 1. The van der Waals surface area contributed by atoms with Crippen molar-refractivity contribution in [2.24, 2.45) is 0 Å². The summed E-state index contributed by atoms with van der Waals surface area (Å²) in [5, 5.41) is 2.77. The fourth-order valence-electron chi connectivity index (χ4n) is 2.50. The number of rotatable bonds is 4. The van der Waals surface area contributed by atoms with Gasteiger partial charge in [0.15, 0.2) is 0 Å². The van der Waals surface area contributed by atoms with Gasteiger partial charge in [-0.1, -0.05) is 36.4 Å². The highest BCUT2D eigenvalue weighted by atomic mass is 32.2. The first-order chi connectivity index (χ1) is 12.0. The molecule has 0 aromatic heterocycles. The van der Waals surface area contributed by atoms with Crippen molar-refractivity contribution in [3.05, 3.63) is 90.0 Å². The van der Waals surface area contributed by atoms with Crippen LogP contribution in [0.5, 0.6) is 0 Å². The lowest BCUT2D eigenvalue weighted by Crippen LogP contribution is -2.12. The van der Waals surface area contributed by atoms with E-state index < -0.39 is 9.84 Å². The Morgan fingerprint density at radius 2 is 1.40 bits per heavy atom. The first kappa shape index (κ1) is 16.9. The SMILES string of the molecule is Cc1ccccc1S(=O)(=O)c1ccc(C(=O)Nc2ccccc2)cc1. The summed E-state index contributed by atoms with van der Waals surface area (Å²) in [6, 6.07) is 21.9. The van der Waals surface area contributed by atoms with Crippen molar-refractivity contribution in [1.82, 2.24) is 0 Å². The molecule has 0 saturated carbocycles. The average Bonchev–Trinajstić information content (AvgIpc) is 2.63. The van der Waals surface area contributed by atoms with Crippen LogP contribution in [0.25, 0.3) is 0 Å². The second-order valence-electron chi connectivity index (χ2n) is 5.61. The van der Waals surface area contributed by atoms with Crippen molar-refractivity contribution in [3.8, 4) is 0 Å². The number of sulfone groups is 1. The smallest absolute Gasteiger partial charge is 0.255 e. The topological polar surface area (TPSA) is 63.2 Å². The third-order valence-electron chi connectivity index (χ3n) is 3.84. The molecule has 4 nitrogen and oxygen atoms in total. The number of carbonyl (C=O) groups excluding carboxylic acids is 1. The van der Waals surface area contributed by atoms with Crippen molar-refractivity contribution in [2.45, 2.75) is 16.7 Å². The van der Waals surface area contributed by atoms with Crippen LogP contribution in [-0.2, 0) is 9.84 Å². The third kappa shape index (κ3) is 3.61. The molecule has 0 saturated heterocycles. The van der Waals surface area contributed by atoms with E-state index in [1.807, 2.05) is 18.2 Å². The standard InChI is InChI=1S/C20H17NO3S/c1-15-7-5-6-10-19(15)25(23,24)18-13-11-16(12-14-18)20(22)21-17-8-3-2-4-9-17/h2-14H,1H3,(H,21,22). The molecule has 1 N–H and O–H groups in total. The number of benzene rings is 3. The summed E-state index contributed by atoms with van der Waals surface area (Å²) < 4.78 is 25.5. The Morgan fingerprint density at radius 3 is 2.04 bits per heavy atom. The maximum Gasteiger partial charge on any atom is 0.255 e. The molecule has 0 spiro atoms. The number of hydrogen-bond donors (Lipinski definition) is 1. The number of carbonyl (C=O) groups is 1. The van der Waals surface area contributed by atoms with E-state index in [4.69, 9.17) is 0 Å². The quantitative estimate of drug-likeness (QED) is 0.770. The summed E-state index contributed by atoms with van der Waals surface area (Å²) in [7, 11) is -3.60. The highest BCUT2D eigenvalue weighted by molar-refractivity contribution is 7.91. The first-order valence-electron chi connectivity index (χ1n) is 7.76. The molecule has 3 aromatic rings. The zero-order chi connectivity index (χ0) is 17.9. The van der Waals surface area contributed by atoms with Crippen molar-refractivity contribution in [1.29, 1.82) is 0 Å². The first-order valence-corrected chi connectivity index (χ1v) is 9.24. The Hall–Kier alpha value is -2.92. The molecule has 0 heterocycles. The predicted octanol–water partition coefficient (Wildman–Crippen LogP) is 4.08. The zero-order valence-electron chi connectivity index (χ0n) is 13.6. The van der Waals surface area contributed by atoms with Crippen LogP contribution in [0.4, 0.5) is 5.69 Å². The molecule has 0 aliphatic rings. The molecule has 0 bridgehead atoms. The van der Waals surface area contributed by atoms with Crippen LogP contribution in [0.2, 0.25) is 0 Å². The van der Waals surface area contributed by atoms with Gasteiger partial charge in [-0.15, -0.1) is 0 Å². The molecular weight excluding hydrogens is 334 g/mol. The third-order valence-corrected chi connectivity index (χ3v) is 5.77. The van der Waals surface area contributed by atoms with Gasteiger partial charge in [0.05, 0.1) is 9.79 Å². The van der Waals surface area contributed by atoms with Gasteiger partial charge in [0.25, 0.3) is 5.91 Å². The largest absolute Gasteiger partial charge is 0.322 e. The summed E-state index contributed by atoms with van der Waals surface area (Å²) >= 11 is 0. The number of aryl methyl sites for hydroxylation is 1. The number of amides is 1. The molecule has 0 unspecified atom stereocenters. The van der Waals surface area contributed by atoms with Crippen LogP contribution < -0.4 is 5.32 Å². The van der Waals surface area contributed by atoms with Gasteiger partial charge in [0.1, 0.15) is 0 Å². The minimum absolute atomic E-state index is 0.165. The number of para-hydroxylation sites is 1. The Bertz CT molecular complexity index is 995. The minimum Gasteiger partial charge on any atom is -0.322 e. The lowest BCUT2D eigenvalue weighted by molar-refractivity contribution is 0.102. The van der Waals surface area contributed by atoms with E-state index >= 15 is 0 Å². The van der Waals surface area contributed by atoms with E-state index in [0.717, 1.165) is 0 Å². The molecule has 126 valence electrons. The van der Waals surface area contributed by atoms with Crippen LogP contribution in [-0.4, -0.2) is 14.3 Å². The predicted molar refractivity (Wildman–Crippen MR) is 97.5 cm³/mol. The summed E-state index contributed by atoms with van der Waals surface area (Å²) in [6.07, 6.45) is 0. The zero-order valence-corrected chi connectivity index (χ0v) is 14.5. The highest BCUT2D eigenvalue weighted by Crippen LogP contribution is 2.24. The summed E-state index contributed by atoms with van der Waals surface area (Å²) in [5.41, 5.74) is 1.77. The lowest BCUT2D eigenvalue weighted by atomic mass is 10.2. The van der Waals surface area contributed by atoms with Gasteiger partial charge < -0.3 is 5.32 Å². The summed E-state index contributed by atoms with van der Waals surface area (Å²) in [6.45, 7) is 1.76. The second kappa shape index (κ2) is 6.91. The van der Waals surface area contributed by atoms with Gasteiger partial charge in [-0.25, -0.2) is 8.42 Å². The molecule has 0 radical (unpaired) electrons. The molecule has 0 aliphatic heterocycles. The van der Waals surface area contributed by atoms with Gasteiger partial charge in [0.2, 0.25) is 9.84 Å². The summed E-state index contributed by atoms with van der Waals surface area (Å²) in [5.74, 6) is -0.286. The molecular formula is C20H17NO3S. The Balaban J connectivity index is 1.85. The van der Waals surface area contributed by atoms with Crippen LogP contribution in [0, 0.1) is 6.92 Å². The Kier molecular flexibility index (Phi) is 4.67. The maximum atomic E-state index is 12.7. The van der Waals surface area contributed by atoms with Crippen molar-refractivity contribution < 1.29 is 13.2 Å². The van der Waals surface area contributed by atoms with Crippen LogP contribution >= 0.6 is 0 Å². The lowest BCUT2D eigenvalue weighted by Gasteiger charge is -2.09. The summed E-state index contributed by atoms with van der Waals surface area (Å²) in [4.78, 5) is 12.7. The number of nitrogens with one attached hydrogen (secondary N) is 1. The van der Waals surface area contributed by atoms with E-state index in [1.54, 1.807) is 43.3 Å². The average molecular weight is 351 g/mol. The molecule has 0 aliphatic carbocycles. The van der Waals surface area contributed by atoms with Gasteiger partial charge in [-0.2, -0.15) is 0 Å². The molecule has 25 heavy (non-hydrogen) atoms. The van der Waals surface area contributed by atoms with Crippen LogP contribution in [0.3, 0.4) is 0 Å². The van der Waals surface area contributed by atoms with Gasteiger partial charge in [-0.3, -0.25) is 4.79 Å².